The van der Waals surface area contributed by atoms with Gasteiger partial charge in [-0.2, -0.15) is 18.4 Å². The van der Waals surface area contributed by atoms with E-state index in [9.17, 15) is 22.8 Å². The Morgan fingerprint density at radius 2 is 1.92 bits per heavy atom. The number of alkyl halides is 3. The van der Waals surface area contributed by atoms with Gasteiger partial charge in [-0.05, 0) is 23.8 Å². The van der Waals surface area contributed by atoms with Gasteiger partial charge >= 0.3 is 6.18 Å². The minimum Gasteiger partial charge on any atom is -0.325 e. The Bertz CT molecular complexity index is 883. The predicted molar refractivity (Wildman–Crippen MR) is 85.1 cm³/mol. The first-order chi connectivity index (χ1) is 11.7. The summed E-state index contributed by atoms with van der Waals surface area (Å²) < 4.78 is 38.9. The molecule has 0 spiro atoms. The molecule has 0 aliphatic heterocycles. The van der Waals surface area contributed by atoms with Crippen molar-refractivity contribution in [3.05, 3.63) is 63.0 Å². The highest BCUT2D eigenvalue weighted by Crippen LogP contribution is 2.29. The molecule has 25 heavy (non-hydrogen) atoms. The molecule has 1 N–H and O–H groups in total. The van der Waals surface area contributed by atoms with E-state index >= 15 is 0 Å². The Hall–Kier alpha value is -2.79. The Morgan fingerprint density at radius 1 is 1.28 bits per heavy atom. The van der Waals surface area contributed by atoms with Crippen LogP contribution >= 0.6 is 11.6 Å². The smallest absolute Gasteiger partial charge is 0.325 e. The molecule has 2 aromatic rings. The van der Waals surface area contributed by atoms with Gasteiger partial charge in [0.2, 0.25) is 5.91 Å². The largest absolute Gasteiger partial charge is 0.417 e. The zero-order valence-corrected chi connectivity index (χ0v) is 13.4. The average molecular weight is 370 g/mol. The normalized spacial score (nSPS) is 11.0. The van der Waals surface area contributed by atoms with Crippen LogP contribution in [-0.4, -0.2) is 10.5 Å². The molecular formula is C16H11ClF3N3O2. The number of nitrogens with one attached hydrogen (secondary N) is 1. The maximum atomic E-state index is 12.8. The number of nitriles is 1. The van der Waals surface area contributed by atoms with Crippen molar-refractivity contribution in [2.45, 2.75) is 19.1 Å². The predicted octanol–water partition coefficient (Wildman–Crippen LogP) is 3.23. The number of nitrogens with zero attached hydrogens (tertiary/aromatic N) is 2. The van der Waals surface area contributed by atoms with E-state index in [1.165, 1.54) is 0 Å². The number of halogens is 4. The van der Waals surface area contributed by atoms with Crippen LogP contribution in [0.1, 0.15) is 11.1 Å². The van der Waals surface area contributed by atoms with E-state index in [1.807, 2.05) is 6.07 Å². The van der Waals surface area contributed by atoms with Crippen LogP contribution in [0.3, 0.4) is 0 Å². The highest BCUT2D eigenvalue weighted by molar-refractivity contribution is 6.30. The molecule has 9 heteroatoms. The van der Waals surface area contributed by atoms with Crippen molar-refractivity contribution in [2.75, 3.05) is 5.32 Å². The topological polar surface area (TPSA) is 74.9 Å². The van der Waals surface area contributed by atoms with E-state index in [-0.39, 0.29) is 6.42 Å². The van der Waals surface area contributed by atoms with Gasteiger partial charge in [-0.15, -0.1) is 0 Å². The monoisotopic (exact) mass is 369 g/mol. The lowest BCUT2D eigenvalue weighted by atomic mass is 10.1. The molecule has 0 saturated carbocycles. The van der Waals surface area contributed by atoms with E-state index in [1.54, 1.807) is 24.3 Å². The maximum absolute atomic E-state index is 12.8. The van der Waals surface area contributed by atoms with Gasteiger partial charge in [-0.25, -0.2) is 0 Å². The highest BCUT2D eigenvalue weighted by Gasteiger charge is 2.32. The van der Waals surface area contributed by atoms with Crippen molar-refractivity contribution in [3.63, 3.8) is 0 Å². The van der Waals surface area contributed by atoms with E-state index in [4.69, 9.17) is 16.9 Å². The second-order valence-electron chi connectivity index (χ2n) is 5.09. The van der Waals surface area contributed by atoms with Gasteiger partial charge in [0.25, 0.3) is 5.56 Å². The number of hydrogen-bond acceptors (Lipinski definition) is 3. The van der Waals surface area contributed by atoms with Gasteiger partial charge in [-0.3, -0.25) is 9.59 Å². The number of anilines is 1. The lowest BCUT2D eigenvalue weighted by molar-refractivity contribution is -0.138. The zero-order valence-electron chi connectivity index (χ0n) is 12.6. The van der Waals surface area contributed by atoms with E-state index < -0.39 is 34.8 Å². The molecule has 1 aromatic carbocycles. The SMILES string of the molecule is N#CCc1ccc(NC(=O)Cn2cc(C(F)(F)F)cc(Cl)c2=O)cc1. The molecule has 0 fully saturated rings. The Kier molecular flexibility index (Phi) is 5.49. The van der Waals surface area contributed by atoms with Crippen molar-refractivity contribution in [3.8, 4) is 6.07 Å². The highest BCUT2D eigenvalue weighted by atomic mass is 35.5. The van der Waals surface area contributed by atoms with Crippen LogP contribution in [0.2, 0.25) is 5.02 Å². The van der Waals surface area contributed by atoms with Crippen LogP contribution in [0.25, 0.3) is 0 Å². The van der Waals surface area contributed by atoms with Crippen molar-refractivity contribution in [1.82, 2.24) is 4.57 Å². The van der Waals surface area contributed by atoms with Crippen LogP contribution in [0.4, 0.5) is 18.9 Å². The number of rotatable bonds is 4. The van der Waals surface area contributed by atoms with Crippen LogP contribution in [0, 0.1) is 11.3 Å². The number of aromatic nitrogens is 1. The number of pyridine rings is 1. The molecule has 0 unspecified atom stereocenters. The molecule has 2 rings (SSSR count). The third-order valence-corrected chi connectivity index (χ3v) is 3.48. The second-order valence-corrected chi connectivity index (χ2v) is 5.49. The Labute approximate surface area is 145 Å². The minimum atomic E-state index is -4.69. The second kappa shape index (κ2) is 7.40. The number of hydrogen-bond donors (Lipinski definition) is 1. The molecule has 0 aliphatic carbocycles. The fraction of sp³-hybridized carbons (Fsp3) is 0.188. The molecule has 0 bridgehead atoms. The van der Waals surface area contributed by atoms with Gasteiger partial charge in [0.15, 0.2) is 0 Å². The molecule has 5 nitrogen and oxygen atoms in total. The minimum absolute atomic E-state index is 0.215. The molecule has 130 valence electrons. The van der Waals surface area contributed by atoms with Crippen LogP contribution < -0.4 is 10.9 Å². The molecule has 1 aromatic heterocycles. The van der Waals surface area contributed by atoms with Crippen molar-refractivity contribution in [2.24, 2.45) is 0 Å². The quantitative estimate of drug-likeness (QED) is 0.899. The van der Waals surface area contributed by atoms with E-state index in [2.05, 4.69) is 5.32 Å². The molecular weight excluding hydrogens is 359 g/mol. The summed E-state index contributed by atoms with van der Waals surface area (Å²) in [6.07, 6.45) is -3.93. The summed E-state index contributed by atoms with van der Waals surface area (Å²) in [6, 6.07) is 8.85. The first kappa shape index (κ1) is 18.5. The molecule has 0 radical (unpaired) electrons. The third-order valence-electron chi connectivity index (χ3n) is 3.20. The summed E-state index contributed by atoms with van der Waals surface area (Å²) in [6.45, 7) is -0.623. The number of carbonyl (C=O) groups is 1. The summed E-state index contributed by atoms with van der Waals surface area (Å²) in [5, 5.41) is 10.4. The summed E-state index contributed by atoms with van der Waals surface area (Å²) in [5.74, 6) is -0.689. The summed E-state index contributed by atoms with van der Waals surface area (Å²) in [4.78, 5) is 23.8. The molecule has 0 atom stereocenters. The van der Waals surface area contributed by atoms with Gasteiger partial charge in [0.05, 0.1) is 18.1 Å². The first-order valence-corrected chi connectivity index (χ1v) is 7.31. The summed E-state index contributed by atoms with van der Waals surface area (Å²) in [7, 11) is 0. The first-order valence-electron chi connectivity index (χ1n) is 6.93. The lowest BCUT2D eigenvalue weighted by Crippen LogP contribution is -2.29. The summed E-state index contributed by atoms with van der Waals surface area (Å²) in [5.41, 5.74) is -0.876. The van der Waals surface area contributed by atoms with Crippen LogP contribution in [0.15, 0.2) is 41.3 Å². The Morgan fingerprint density at radius 3 is 2.48 bits per heavy atom. The van der Waals surface area contributed by atoms with Gasteiger partial charge in [-0.1, -0.05) is 23.7 Å². The molecule has 1 heterocycles. The summed E-state index contributed by atoms with van der Waals surface area (Å²) >= 11 is 5.52. The van der Waals surface area contributed by atoms with Crippen molar-refractivity contribution >= 4 is 23.2 Å². The average Bonchev–Trinajstić information content (AvgIpc) is 2.52. The third kappa shape index (κ3) is 4.84. The lowest BCUT2D eigenvalue weighted by Gasteiger charge is -2.12. The van der Waals surface area contributed by atoms with Crippen LogP contribution in [0.5, 0.6) is 0 Å². The standard InChI is InChI=1S/C16H11ClF3N3O2/c17-13-7-11(16(18,19)20)8-23(15(13)25)9-14(24)22-12-3-1-10(2-4-12)5-6-21/h1-4,7-8H,5,9H2,(H,22,24). The van der Waals surface area contributed by atoms with Gasteiger partial charge < -0.3 is 9.88 Å². The molecule has 1 amide bonds. The van der Waals surface area contributed by atoms with Gasteiger partial charge in [0.1, 0.15) is 11.6 Å². The number of carbonyl (C=O) groups excluding carboxylic acids is 1. The fourth-order valence-corrected chi connectivity index (χ4v) is 2.25. The maximum Gasteiger partial charge on any atom is 0.417 e. The zero-order chi connectivity index (χ0) is 18.6. The van der Waals surface area contributed by atoms with Crippen molar-refractivity contribution < 1.29 is 18.0 Å². The number of amides is 1. The van der Waals surface area contributed by atoms with E-state index in [0.717, 1.165) is 5.56 Å². The molecule has 0 aliphatic rings. The fourth-order valence-electron chi connectivity index (χ4n) is 2.02. The van der Waals surface area contributed by atoms with E-state index in [0.29, 0.717) is 22.5 Å². The van der Waals surface area contributed by atoms with Gasteiger partial charge in [0, 0.05) is 11.9 Å². The van der Waals surface area contributed by atoms with Crippen LogP contribution in [-0.2, 0) is 23.9 Å². The Balaban J connectivity index is 2.16. The molecule has 0 saturated heterocycles. The van der Waals surface area contributed by atoms with Crippen molar-refractivity contribution in [1.29, 1.82) is 5.26 Å². The number of benzene rings is 1.